The first-order valence-electron chi connectivity index (χ1n) is 8.19. The summed E-state index contributed by atoms with van der Waals surface area (Å²) in [5.74, 6) is -1.80. The van der Waals surface area contributed by atoms with Crippen LogP contribution in [0.1, 0.15) is 12.8 Å². The number of rotatable bonds is 5. The Morgan fingerprint density at radius 2 is 1.96 bits per heavy atom. The van der Waals surface area contributed by atoms with Crippen LogP contribution in [0.3, 0.4) is 0 Å². The molecule has 0 unspecified atom stereocenters. The summed E-state index contributed by atoms with van der Waals surface area (Å²) in [6.07, 6.45) is 0.641. The zero-order valence-corrected chi connectivity index (χ0v) is 17.5. The van der Waals surface area contributed by atoms with E-state index in [4.69, 9.17) is 0 Å². The first-order chi connectivity index (χ1) is 13.2. The highest BCUT2D eigenvalue weighted by molar-refractivity contribution is 9.11. The van der Waals surface area contributed by atoms with Crippen LogP contribution in [0.25, 0.3) is 0 Å². The number of piperidine rings is 1. The van der Waals surface area contributed by atoms with Gasteiger partial charge in [-0.05, 0) is 53.0 Å². The van der Waals surface area contributed by atoms with Crippen LogP contribution in [-0.4, -0.2) is 36.6 Å². The number of nitrogens with one attached hydrogen (secondary N) is 1. The lowest BCUT2D eigenvalue weighted by molar-refractivity contribution is -0.387. The molecule has 3 rings (SSSR count). The highest BCUT2D eigenvalue weighted by atomic mass is 79.9. The van der Waals surface area contributed by atoms with Gasteiger partial charge < -0.3 is 5.32 Å². The van der Waals surface area contributed by atoms with Crippen LogP contribution in [0.15, 0.2) is 38.3 Å². The Kier molecular flexibility index (Phi) is 6.12. The number of hydrogen-bond donors (Lipinski definition) is 1. The number of nitro benzene ring substituents is 1. The first kappa shape index (κ1) is 20.8. The Bertz CT molecular complexity index is 1020. The third kappa shape index (κ3) is 4.40. The summed E-state index contributed by atoms with van der Waals surface area (Å²) in [7, 11) is -3.60. The average Bonchev–Trinajstić information content (AvgIpc) is 3.10. The highest BCUT2D eigenvalue weighted by Crippen LogP contribution is 2.31. The molecule has 12 heteroatoms. The summed E-state index contributed by atoms with van der Waals surface area (Å²) in [5.41, 5.74) is -0.600. The lowest BCUT2D eigenvalue weighted by atomic mass is 9.97. The molecule has 1 amide bonds. The molecular weight excluding hydrogens is 477 g/mol. The van der Waals surface area contributed by atoms with Crippen molar-refractivity contribution < 1.29 is 22.5 Å². The standard InChI is InChI=1S/C16H15BrFN3O5S2/c17-14-3-4-15(27-14)28(25,26)20-7-5-10(6-8-20)16(22)19-11-1-2-12(18)13(9-11)21(23)24/h1-4,9-10H,5-8H2,(H,19,22). The van der Waals surface area contributed by atoms with Gasteiger partial charge in [-0.15, -0.1) is 11.3 Å². The molecule has 2 heterocycles. The van der Waals surface area contributed by atoms with Gasteiger partial charge in [-0.3, -0.25) is 14.9 Å². The molecule has 8 nitrogen and oxygen atoms in total. The van der Waals surface area contributed by atoms with Crippen LogP contribution in [0.5, 0.6) is 0 Å². The minimum atomic E-state index is -3.60. The second-order valence-electron chi connectivity index (χ2n) is 6.15. The summed E-state index contributed by atoms with van der Waals surface area (Å²) in [6, 6.07) is 6.32. The molecule has 0 atom stereocenters. The Balaban J connectivity index is 1.63. The lowest BCUT2D eigenvalue weighted by Crippen LogP contribution is -2.41. The van der Waals surface area contributed by atoms with E-state index in [0.29, 0.717) is 16.6 Å². The molecular formula is C16H15BrFN3O5S2. The number of benzene rings is 1. The average molecular weight is 492 g/mol. The topological polar surface area (TPSA) is 110 Å². The molecule has 1 aromatic carbocycles. The second-order valence-corrected chi connectivity index (χ2v) is 10.8. The van der Waals surface area contributed by atoms with E-state index in [2.05, 4.69) is 21.2 Å². The van der Waals surface area contributed by atoms with Gasteiger partial charge in [0.25, 0.3) is 10.0 Å². The number of sulfonamides is 1. The van der Waals surface area contributed by atoms with Gasteiger partial charge in [-0.1, -0.05) is 0 Å². The molecule has 1 aliphatic rings. The predicted octanol–water partition coefficient (Wildman–Crippen LogP) is 3.60. The van der Waals surface area contributed by atoms with Crippen LogP contribution in [0.4, 0.5) is 15.8 Å². The minimum absolute atomic E-state index is 0.122. The lowest BCUT2D eigenvalue weighted by Gasteiger charge is -2.30. The molecule has 0 bridgehead atoms. The van der Waals surface area contributed by atoms with Gasteiger partial charge in [0.15, 0.2) is 0 Å². The van der Waals surface area contributed by atoms with Crippen LogP contribution < -0.4 is 5.32 Å². The monoisotopic (exact) mass is 491 g/mol. The molecule has 0 radical (unpaired) electrons. The number of halogens is 2. The molecule has 150 valence electrons. The predicted molar refractivity (Wildman–Crippen MR) is 105 cm³/mol. The van der Waals surface area contributed by atoms with E-state index in [0.717, 1.165) is 23.5 Å². The quantitative estimate of drug-likeness (QED) is 0.507. The Morgan fingerprint density at radius 3 is 2.54 bits per heavy atom. The van der Waals surface area contributed by atoms with Gasteiger partial charge in [0, 0.05) is 30.8 Å². The fourth-order valence-electron chi connectivity index (χ4n) is 2.90. The molecule has 0 aliphatic carbocycles. The normalized spacial score (nSPS) is 16.1. The van der Waals surface area contributed by atoms with Crippen molar-refractivity contribution in [1.29, 1.82) is 0 Å². The number of hydrogen-bond acceptors (Lipinski definition) is 6. The smallest absolute Gasteiger partial charge is 0.306 e. The largest absolute Gasteiger partial charge is 0.326 e. The van der Waals surface area contributed by atoms with Crippen molar-refractivity contribution in [2.75, 3.05) is 18.4 Å². The second kappa shape index (κ2) is 8.23. The molecule has 0 spiro atoms. The zero-order valence-electron chi connectivity index (χ0n) is 14.3. The number of anilines is 1. The Hall–Kier alpha value is -1.89. The zero-order chi connectivity index (χ0) is 20.5. The van der Waals surface area contributed by atoms with Crippen molar-refractivity contribution in [3.63, 3.8) is 0 Å². The van der Waals surface area contributed by atoms with Gasteiger partial charge in [-0.25, -0.2) is 8.42 Å². The van der Waals surface area contributed by atoms with E-state index in [1.165, 1.54) is 16.4 Å². The SMILES string of the molecule is O=C(Nc1ccc(F)c([N+](=O)[O-])c1)C1CCN(S(=O)(=O)c2ccc(Br)s2)CC1. The van der Waals surface area contributed by atoms with Crippen molar-refractivity contribution in [2.24, 2.45) is 5.92 Å². The molecule has 1 saturated heterocycles. The number of carbonyl (C=O) groups excluding carboxylic acids is 1. The van der Waals surface area contributed by atoms with Gasteiger partial charge in [0.1, 0.15) is 4.21 Å². The molecule has 0 saturated carbocycles. The maximum atomic E-state index is 13.4. The summed E-state index contributed by atoms with van der Waals surface area (Å²) in [4.78, 5) is 22.4. The number of nitro groups is 1. The van der Waals surface area contributed by atoms with Gasteiger partial charge in [-0.2, -0.15) is 8.70 Å². The Labute approximate surface area is 172 Å². The van der Waals surface area contributed by atoms with Crippen molar-refractivity contribution in [2.45, 2.75) is 17.1 Å². The van der Waals surface area contributed by atoms with E-state index in [9.17, 15) is 27.7 Å². The number of carbonyl (C=O) groups is 1. The molecule has 1 aromatic heterocycles. The van der Waals surface area contributed by atoms with Gasteiger partial charge in [0.2, 0.25) is 11.7 Å². The maximum absolute atomic E-state index is 13.4. The van der Waals surface area contributed by atoms with Crippen LogP contribution in [-0.2, 0) is 14.8 Å². The molecule has 28 heavy (non-hydrogen) atoms. The van der Waals surface area contributed by atoms with Gasteiger partial charge in [0.05, 0.1) is 8.71 Å². The van der Waals surface area contributed by atoms with Crippen LogP contribution in [0.2, 0.25) is 0 Å². The van der Waals surface area contributed by atoms with E-state index in [1.807, 2.05) is 0 Å². The van der Waals surface area contributed by atoms with E-state index >= 15 is 0 Å². The van der Waals surface area contributed by atoms with Crippen molar-refractivity contribution in [3.05, 3.63) is 50.0 Å². The van der Waals surface area contributed by atoms with Crippen molar-refractivity contribution in [1.82, 2.24) is 4.31 Å². The molecule has 1 fully saturated rings. The van der Waals surface area contributed by atoms with Gasteiger partial charge >= 0.3 is 5.69 Å². The first-order valence-corrected chi connectivity index (χ1v) is 11.2. The van der Waals surface area contributed by atoms with Crippen LogP contribution in [0, 0.1) is 21.8 Å². The molecule has 1 N–H and O–H groups in total. The fraction of sp³-hybridized carbons (Fsp3) is 0.312. The van der Waals surface area contributed by atoms with E-state index in [1.54, 1.807) is 6.07 Å². The number of thiophene rings is 1. The number of nitrogens with zero attached hydrogens (tertiary/aromatic N) is 2. The van der Waals surface area contributed by atoms with E-state index in [-0.39, 0.29) is 28.9 Å². The van der Waals surface area contributed by atoms with Crippen molar-refractivity contribution >= 4 is 54.6 Å². The van der Waals surface area contributed by atoms with Crippen molar-refractivity contribution in [3.8, 4) is 0 Å². The minimum Gasteiger partial charge on any atom is -0.326 e. The highest BCUT2D eigenvalue weighted by Gasteiger charge is 2.33. The summed E-state index contributed by atoms with van der Waals surface area (Å²) in [5, 5.41) is 13.3. The maximum Gasteiger partial charge on any atom is 0.306 e. The summed E-state index contributed by atoms with van der Waals surface area (Å²) < 4.78 is 40.9. The third-order valence-corrected chi connectivity index (χ3v) is 8.37. The molecule has 1 aliphatic heterocycles. The third-order valence-electron chi connectivity index (χ3n) is 4.38. The fourth-order valence-corrected chi connectivity index (χ4v) is 6.53. The molecule has 2 aromatic rings. The summed E-state index contributed by atoms with van der Waals surface area (Å²) in [6.45, 7) is 0.388. The Morgan fingerprint density at radius 1 is 1.29 bits per heavy atom. The summed E-state index contributed by atoms with van der Waals surface area (Å²) >= 11 is 4.37. The number of amides is 1. The van der Waals surface area contributed by atoms with E-state index < -0.39 is 32.4 Å². The van der Waals surface area contributed by atoms with Crippen LogP contribution >= 0.6 is 27.3 Å².